The molecule has 0 bridgehead atoms. The fraction of sp³-hybridized carbons (Fsp3) is 0.529. The molecule has 5 heteroatoms. The summed E-state index contributed by atoms with van der Waals surface area (Å²) < 4.78 is 0. The summed E-state index contributed by atoms with van der Waals surface area (Å²) in [6.07, 6.45) is 2.27. The third kappa shape index (κ3) is 3.59. The van der Waals surface area contributed by atoms with Crippen LogP contribution >= 0.6 is 0 Å². The highest BCUT2D eigenvalue weighted by Crippen LogP contribution is 2.27. The summed E-state index contributed by atoms with van der Waals surface area (Å²) in [6, 6.07) is 7.86. The maximum atomic E-state index is 12.0. The predicted octanol–water partition coefficient (Wildman–Crippen LogP) is 2.75. The molecule has 22 heavy (non-hydrogen) atoms. The second-order valence-corrected chi connectivity index (χ2v) is 5.75. The molecule has 0 spiro atoms. The third-order valence-electron chi connectivity index (χ3n) is 3.99. The Kier molecular flexibility index (Phi) is 5.41. The van der Waals surface area contributed by atoms with Gasteiger partial charge >= 0.3 is 5.97 Å². The summed E-state index contributed by atoms with van der Waals surface area (Å²) >= 11 is 0. The Morgan fingerprint density at radius 2 is 1.82 bits per heavy atom. The van der Waals surface area contributed by atoms with Gasteiger partial charge in [-0.25, -0.2) is 0 Å². The number of benzene rings is 1. The number of aliphatic carboxylic acids is 1. The van der Waals surface area contributed by atoms with Gasteiger partial charge in [0, 0.05) is 37.4 Å². The number of carboxylic acid groups (broad SMARTS) is 1. The summed E-state index contributed by atoms with van der Waals surface area (Å²) in [7, 11) is 0. The van der Waals surface area contributed by atoms with E-state index in [0.29, 0.717) is 0 Å². The first-order chi connectivity index (χ1) is 10.6. The minimum atomic E-state index is -0.899. The smallest absolute Gasteiger partial charge is 0.308 e. The van der Waals surface area contributed by atoms with Gasteiger partial charge in [0.2, 0.25) is 5.91 Å². The van der Waals surface area contributed by atoms with Crippen molar-refractivity contribution < 1.29 is 14.7 Å². The van der Waals surface area contributed by atoms with Crippen molar-refractivity contribution in [3.8, 4) is 0 Å². The summed E-state index contributed by atoms with van der Waals surface area (Å²) in [6.45, 7) is 6.60. The Morgan fingerprint density at radius 3 is 2.27 bits per heavy atom. The van der Waals surface area contributed by atoms with Gasteiger partial charge in [-0.05, 0) is 37.1 Å². The van der Waals surface area contributed by atoms with Gasteiger partial charge in [0.05, 0.1) is 5.92 Å². The standard InChI is InChI=1S/C17H24N2O3/c1-3-9-18(10-4-2)14-5-7-15(8-6-14)19-12-13(17(21)22)11-16(19)20/h5-8,13H,3-4,9-12H2,1-2H3,(H,21,22)/t13-/m0/s1. The summed E-state index contributed by atoms with van der Waals surface area (Å²) in [4.78, 5) is 26.9. The minimum absolute atomic E-state index is 0.0921. The number of carboxylic acids is 1. The predicted molar refractivity (Wildman–Crippen MR) is 87.3 cm³/mol. The SMILES string of the molecule is CCCN(CCC)c1ccc(N2C[C@@H](C(=O)O)CC2=O)cc1. The molecule has 1 atom stereocenters. The zero-order valence-electron chi connectivity index (χ0n) is 13.3. The second-order valence-electron chi connectivity index (χ2n) is 5.75. The van der Waals surface area contributed by atoms with E-state index in [1.165, 1.54) is 0 Å². The maximum absolute atomic E-state index is 12.0. The van der Waals surface area contributed by atoms with Crippen LogP contribution in [0.4, 0.5) is 11.4 Å². The summed E-state index contributed by atoms with van der Waals surface area (Å²) in [5.74, 6) is -1.60. The average molecular weight is 304 g/mol. The van der Waals surface area contributed by atoms with E-state index in [4.69, 9.17) is 5.11 Å². The molecule has 1 saturated heterocycles. The summed E-state index contributed by atoms with van der Waals surface area (Å²) in [5.41, 5.74) is 1.93. The van der Waals surface area contributed by atoms with Gasteiger partial charge in [-0.1, -0.05) is 13.8 Å². The van der Waals surface area contributed by atoms with Crippen LogP contribution in [0.2, 0.25) is 0 Å². The molecule has 1 fully saturated rings. The molecule has 1 amide bonds. The normalized spacial score (nSPS) is 17.8. The van der Waals surface area contributed by atoms with Gasteiger partial charge in [-0.15, -0.1) is 0 Å². The van der Waals surface area contributed by atoms with Crippen LogP contribution in [-0.4, -0.2) is 36.6 Å². The highest BCUT2D eigenvalue weighted by Gasteiger charge is 2.34. The number of hydrogen-bond donors (Lipinski definition) is 1. The van der Waals surface area contributed by atoms with Gasteiger partial charge in [-0.3, -0.25) is 9.59 Å². The minimum Gasteiger partial charge on any atom is -0.481 e. The number of anilines is 2. The van der Waals surface area contributed by atoms with Crippen molar-refractivity contribution in [1.82, 2.24) is 0 Å². The van der Waals surface area contributed by atoms with Crippen LogP contribution in [0.3, 0.4) is 0 Å². The molecule has 1 heterocycles. The quantitative estimate of drug-likeness (QED) is 0.841. The molecule has 0 aromatic heterocycles. The fourth-order valence-corrected chi connectivity index (χ4v) is 2.88. The van der Waals surface area contributed by atoms with Gasteiger partial charge in [0.1, 0.15) is 0 Å². The number of carbonyl (C=O) groups excluding carboxylic acids is 1. The van der Waals surface area contributed by atoms with E-state index in [2.05, 4.69) is 18.7 Å². The number of hydrogen-bond acceptors (Lipinski definition) is 3. The van der Waals surface area contributed by atoms with Crippen LogP contribution in [0.25, 0.3) is 0 Å². The molecule has 0 aliphatic carbocycles. The molecule has 120 valence electrons. The second kappa shape index (κ2) is 7.29. The van der Waals surface area contributed by atoms with E-state index in [9.17, 15) is 9.59 Å². The van der Waals surface area contributed by atoms with Crippen molar-refractivity contribution in [1.29, 1.82) is 0 Å². The molecule has 0 radical (unpaired) electrons. The van der Waals surface area contributed by atoms with Crippen molar-refractivity contribution in [3.05, 3.63) is 24.3 Å². The largest absolute Gasteiger partial charge is 0.481 e. The highest BCUT2D eigenvalue weighted by molar-refractivity contribution is 5.99. The topological polar surface area (TPSA) is 60.9 Å². The number of nitrogens with zero attached hydrogens (tertiary/aromatic N) is 2. The van der Waals surface area contributed by atoms with E-state index in [-0.39, 0.29) is 18.9 Å². The molecule has 0 unspecified atom stereocenters. The highest BCUT2D eigenvalue weighted by atomic mass is 16.4. The van der Waals surface area contributed by atoms with E-state index in [0.717, 1.165) is 37.3 Å². The Bertz CT molecular complexity index is 521. The zero-order chi connectivity index (χ0) is 16.1. The van der Waals surface area contributed by atoms with Crippen LogP contribution in [0, 0.1) is 5.92 Å². The van der Waals surface area contributed by atoms with E-state index < -0.39 is 11.9 Å². The van der Waals surface area contributed by atoms with Crippen molar-refractivity contribution in [2.75, 3.05) is 29.4 Å². The van der Waals surface area contributed by atoms with Crippen molar-refractivity contribution in [2.45, 2.75) is 33.1 Å². The molecule has 1 aromatic carbocycles. The molecular weight excluding hydrogens is 280 g/mol. The Morgan fingerprint density at radius 1 is 1.23 bits per heavy atom. The van der Waals surface area contributed by atoms with Gasteiger partial charge < -0.3 is 14.9 Å². The van der Waals surface area contributed by atoms with Crippen LogP contribution in [0.1, 0.15) is 33.1 Å². The lowest BCUT2D eigenvalue weighted by Gasteiger charge is -2.25. The van der Waals surface area contributed by atoms with Crippen molar-refractivity contribution >= 4 is 23.3 Å². The zero-order valence-corrected chi connectivity index (χ0v) is 13.3. The lowest BCUT2D eigenvalue weighted by atomic mass is 10.1. The van der Waals surface area contributed by atoms with E-state index >= 15 is 0 Å². The van der Waals surface area contributed by atoms with Crippen LogP contribution < -0.4 is 9.80 Å². The monoisotopic (exact) mass is 304 g/mol. The number of amides is 1. The molecule has 1 aliphatic rings. The first kappa shape index (κ1) is 16.3. The fourth-order valence-electron chi connectivity index (χ4n) is 2.88. The Balaban J connectivity index is 2.11. The van der Waals surface area contributed by atoms with Crippen LogP contribution in [0.15, 0.2) is 24.3 Å². The first-order valence-electron chi connectivity index (χ1n) is 7.95. The van der Waals surface area contributed by atoms with Gasteiger partial charge in [-0.2, -0.15) is 0 Å². The van der Waals surface area contributed by atoms with Crippen LogP contribution in [-0.2, 0) is 9.59 Å². The average Bonchev–Trinajstić information content (AvgIpc) is 2.89. The van der Waals surface area contributed by atoms with Crippen molar-refractivity contribution in [3.63, 3.8) is 0 Å². The third-order valence-corrected chi connectivity index (χ3v) is 3.99. The molecule has 0 saturated carbocycles. The first-order valence-corrected chi connectivity index (χ1v) is 7.95. The van der Waals surface area contributed by atoms with Crippen molar-refractivity contribution in [2.24, 2.45) is 5.92 Å². The molecular formula is C17H24N2O3. The van der Waals surface area contributed by atoms with Gasteiger partial charge in [0.15, 0.2) is 0 Å². The number of carbonyl (C=O) groups is 2. The van der Waals surface area contributed by atoms with Gasteiger partial charge in [0.25, 0.3) is 0 Å². The lowest BCUT2D eigenvalue weighted by Crippen LogP contribution is -2.26. The van der Waals surface area contributed by atoms with E-state index in [1.54, 1.807) is 4.90 Å². The summed E-state index contributed by atoms with van der Waals surface area (Å²) in [5, 5.41) is 9.05. The lowest BCUT2D eigenvalue weighted by molar-refractivity contribution is -0.141. The molecule has 1 N–H and O–H groups in total. The van der Waals surface area contributed by atoms with Crippen LogP contribution in [0.5, 0.6) is 0 Å². The Hall–Kier alpha value is -2.04. The molecule has 1 aromatic rings. The molecule has 2 rings (SSSR count). The number of rotatable bonds is 7. The maximum Gasteiger partial charge on any atom is 0.308 e. The Labute approximate surface area is 131 Å². The molecule has 1 aliphatic heterocycles. The van der Waals surface area contributed by atoms with E-state index in [1.807, 2.05) is 24.3 Å². The molecule has 5 nitrogen and oxygen atoms in total.